The molecule has 0 amide bonds. The van der Waals surface area contributed by atoms with E-state index < -0.39 is 16.0 Å². The minimum Gasteiger partial charge on any atom is -0.478 e. The van der Waals surface area contributed by atoms with E-state index in [9.17, 15) is 13.2 Å². The van der Waals surface area contributed by atoms with Crippen molar-refractivity contribution in [3.05, 3.63) is 47.9 Å². The lowest BCUT2D eigenvalue weighted by Gasteiger charge is -2.08. The van der Waals surface area contributed by atoms with Gasteiger partial charge in [0.25, 0.3) is 10.0 Å². The monoisotopic (exact) mass is 304 g/mol. The molecule has 0 saturated heterocycles. The van der Waals surface area contributed by atoms with E-state index >= 15 is 0 Å². The fourth-order valence-electron chi connectivity index (χ4n) is 1.46. The van der Waals surface area contributed by atoms with Crippen molar-refractivity contribution in [2.45, 2.75) is 4.90 Å². The largest absolute Gasteiger partial charge is 0.478 e. The number of nitrogens with zero attached hydrogens (tertiary/aromatic N) is 3. The summed E-state index contributed by atoms with van der Waals surface area (Å²) in [5, 5.41) is 17.6. The van der Waals surface area contributed by atoms with Crippen molar-refractivity contribution in [2.24, 2.45) is 0 Å². The number of nitrogens with one attached hydrogen (secondary N) is 1. The van der Waals surface area contributed by atoms with Gasteiger partial charge in [-0.1, -0.05) is 0 Å². The second kappa shape index (κ2) is 5.56. The molecule has 2 aromatic rings. The smallest absolute Gasteiger partial charge is 0.337 e. The van der Waals surface area contributed by atoms with Crippen molar-refractivity contribution < 1.29 is 18.3 Å². The Bertz CT molecular complexity index is 825. The van der Waals surface area contributed by atoms with Crippen LogP contribution in [0, 0.1) is 11.3 Å². The highest BCUT2D eigenvalue weighted by molar-refractivity contribution is 7.92. The highest BCUT2D eigenvalue weighted by atomic mass is 32.2. The maximum atomic E-state index is 12.1. The van der Waals surface area contributed by atoms with E-state index in [0.29, 0.717) is 0 Å². The molecule has 0 atom stereocenters. The quantitative estimate of drug-likeness (QED) is 0.855. The molecular formula is C12H8N4O4S. The standard InChI is InChI=1S/C12H8N4O4S/c13-6-9-10(2-1-5-14-9)21(19,20)16-11-4-3-8(7-15-11)12(17)18/h1-5,7H,(H,15,16)(H,17,18). The normalized spacial score (nSPS) is 10.6. The lowest BCUT2D eigenvalue weighted by molar-refractivity contribution is 0.0696. The van der Waals surface area contributed by atoms with Crippen LogP contribution in [0.2, 0.25) is 0 Å². The summed E-state index contributed by atoms with van der Waals surface area (Å²) in [5.41, 5.74) is -0.316. The minimum absolute atomic E-state index is 0.0623. The van der Waals surface area contributed by atoms with Gasteiger partial charge in [0.15, 0.2) is 5.69 Å². The van der Waals surface area contributed by atoms with Crippen molar-refractivity contribution >= 4 is 21.8 Å². The van der Waals surface area contributed by atoms with Gasteiger partial charge in [0, 0.05) is 12.4 Å². The van der Waals surface area contributed by atoms with E-state index in [2.05, 4.69) is 14.7 Å². The third kappa shape index (κ3) is 3.13. The molecule has 2 heterocycles. The summed E-state index contributed by atoms with van der Waals surface area (Å²) in [7, 11) is -4.03. The Hall–Kier alpha value is -2.99. The molecule has 2 N–H and O–H groups in total. The van der Waals surface area contributed by atoms with Crippen LogP contribution >= 0.6 is 0 Å². The van der Waals surface area contributed by atoms with Gasteiger partial charge in [0.2, 0.25) is 0 Å². The summed E-state index contributed by atoms with van der Waals surface area (Å²) in [6.45, 7) is 0. The fraction of sp³-hybridized carbons (Fsp3) is 0. The molecule has 0 saturated carbocycles. The van der Waals surface area contributed by atoms with E-state index in [1.54, 1.807) is 6.07 Å². The van der Waals surface area contributed by atoms with E-state index in [1.807, 2.05) is 0 Å². The first-order valence-electron chi connectivity index (χ1n) is 5.51. The zero-order chi connectivity index (χ0) is 15.5. The summed E-state index contributed by atoms with van der Waals surface area (Å²) >= 11 is 0. The Kier molecular flexibility index (Phi) is 3.82. The number of nitriles is 1. The van der Waals surface area contributed by atoms with Crippen molar-refractivity contribution in [1.29, 1.82) is 5.26 Å². The first-order chi connectivity index (χ1) is 9.94. The molecule has 0 bridgehead atoms. The molecule has 106 valence electrons. The van der Waals surface area contributed by atoms with Crippen LogP contribution in [-0.2, 0) is 10.0 Å². The molecule has 21 heavy (non-hydrogen) atoms. The van der Waals surface area contributed by atoms with Crippen molar-refractivity contribution in [2.75, 3.05) is 4.72 Å². The number of anilines is 1. The van der Waals surface area contributed by atoms with Gasteiger partial charge >= 0.3 is 5.97 Å². The van der Waals surface area contributed by atoms with Crippen molar-refractivity contribution in [3.8, 4) is 6.07 Å². The Labute approximate surface area is 119 Å². The summed E-state index contributed by atoms with van der Waals surface area (Å²) in [6, 6.07) is 6.73. The fourth-order valence-corrected chi connectivity index (χ4v) is 2.58. The maximum absolute atomic E-state index is 12.1. The number of rotatable bonds is 4. The molecule has 0 fully saturated rings. The van der Waals surface area contributed by atoms with Gasteiger partial charge in [-0.15, -0.1) is 0 Å². The van der Waals surface area contributed by atoms with E-state index in [-0.39, 0.29) is 22.0 Å². The molecule has 0 aliphatic carbocycles. The number of carboxylic acids is 1. The van der Waals surface area contributed by atoms with Crippen LogP contribution in [0.15, 0.2) is 41.6 Å². The topological polar surface area (TPSA) is 133 Å². The Balaban J connectivity index is 2.34. The molecule has 0 aromatic carbocycles. The molecule has 0 unspecified atom stereocenters. The van der Waals surface area contributed by atoms with E-state index in [1.165, 1.54) is 30.5 Å². The SMILES string of the molecule is N#Cc1ncccc1S(=O)(=O)Nc1ccc(C(=O)O)cn1. The molecule has 0 aliphatic heterocycles. The first kappa shape index (κ1) is 14.4. The van der Waals surface area contributed by atoms with Crippen LogP contribution in [0.5, 0.6) is 0 Å². The molecule has 8 nitrogen and oxygen atoms in total. The number of aromatic carboxylic acids is 1. The summed E-state index contributed by atoms with van der Waals surface area (Å²) in [5.74, 6) is -1.23. The summed E-state index contributed by atoms with van der Waals surface area (Å²) in [6.07, 6.45) is 2.33. The molecule has 2 rings (SSSR count). The lowest BCUT2D eigenvalue weighted by Crippen LogP contribution is -2.16. The maximum Gasteiger partial charge on any atom is 0.337 e. The third-order valence-electron chi connectivity index (χ3n) is 2.42. The summed E-state index contributed by atoms with van der Waals surface area (Å²) < 4.78 is 26.4. The van der Waals surface area contributed by atoms with Gasteiger partial charge in [-0.25, -0.2) is 23.2 Å². The average molecular weight is 304 g/mol. The highest BCUT2D eigenvalue weighted by Crippen LogP contribution is 2.16. The Morgan fingerprint density at radius 1 is 1.29 bits per heavy atom. The molecular weight excluding hydrogens is 296 g/mol. The van der Waals surface area contributed by atoms with Crippen LogP contribution in [0.4, 0.5) is 5.82 Å². The van der Waals surface area contributed by atoms with Crippen molar-refractivity contribution in [3.63, 3.8) is 0 Å². The van der Waals surface area contributed by atoms with Crippen LogP contribution < -0.4 is 4.72 Å². The number of carboxylic acid groups (broad SMARTS) is 1. The lowest BCUT2D eigenvalue weighted by atomic mass is 10.3. The highest BCUT2D eigenvalue weighted by Gasteiger charge is 2.20. The Morgan fingerprint density at radius 3 is 2.62 bits per heavy atom. The van der Waals surface area contributed by atoms with Crippen LogP contribution in [0.3, 0.4) is 0 Å². The van der Waals surface area contributed by atoms with Gasteiger partial charge < -0.3 is 5.11 Å². The van der Waals surface area contributed by atoms with Gasteiger partial charge in [-0.2, -0.15) is 5.26 Å². The molecule has 0 radical (unpaired) electrons. The Morgan fingerprint density at radius 2 is 2.05 bits per heavy atom. The van der Waals surface area contributed by atoms with Gasteiger partial charge in [0.05, 0.1) is 5.56 Å². The predicted octanol–water partition coefficient (Wildman–Crippen LogP) is 0.847. The van der Waals surface area contributed by atoms with Gasteiger partial charge in [0.1, 0.15) is 16.8 Å². The predicted molar refractivity (Wildman–Crippen MR) is 71.0 cm³/mol. The average Bonchev–Trinajstić information content (AvgIpc) is 2.47. The molecule has 0 spiro atoms. The molecule has 0 aliphatic rings. The summed E-state index contributed by atoms with van der Waals surface area (Å²) in [4.78, 5) is 17.8. The second-order valence-electron chi connectivity index (χ2n) is 3.80. The van der Waals surface area contributed by atoms with E-state index in [4.69, 9.17) is 10.4 Å². The van der Waals surface area contributed by atoms with E-state index in [0.717, 1.165) is 6.20 Å². The van der Waals surface area contributed by atoms with Gasteiger partial charge in [-0.05, 0) is 24.3 Å². The van der Waals surface area contributed by atoms with Crippen LogP contribution in [0.25, 0.3) is 0 Å². The zero-order valence-electron chi connectivity index (χ0n) is 10.4. The number of hydrogen-bond acceptors (Lipinski definition) is 6. The molecule has 2 aromatic heterocycles. The molecule has 9 heteroatoms. The third-order valence-corrected chi connectivity index (χ3v) is 3.80. The number of sulfonamides is 1. The number of hydrogen-bond donors (Lipinski definition) is 2. The minimum atomic E-state index is -4.03. The van der Waals surface area contributed by atoms with Gasteiger partial charge in [-0.3, -0.25) is 4.72 Å². The zero-order valence-corrected chi connectivity index (χ0v) is 11.2. The van der Waals surface area contributed by atoms with Crippen LogP contribution in [-0.4, -0.2) is 29.5 Å². The number of pyridine rings is 2. The van der Waals surface area contributed by atoms with Crippen molar-refractivity contribution in [1.82, 2.24) is 9.97 Å². The van der Waals surface area contributed by atoms with Crippen LogP contribution in [0.1, 0.15) is 16.1 Å². The first-order valence-corrected chi connectivity index (χ1v) is 6.99. The second-order valence-corrected chi connectivity index (χ2v) is 5.46. The number of aromatic nitrogens is 2. The number of carbonyl (C=O) groups is 1.